The highest BCUT2D eigenvalue weighted by Gasteiger charge is 2.37. The van der Waals surface area contributed by atoms with E-state index in [1.54, 1.807) is 4.90 Å². The van der Waals surface area contributed by atoms with Crippen LogP contribution in [-0.2, 0) is 16.1 Å². The summed E-state index contributed by atoms with van der Waals surface area (Å²) >= 11 is 5.96. The highest BCUT2D eigenvalue weighted by Crippen LogP contribution is 2.32. The number of halogens is 1. The minimum Gasteiger partial charge on any atom is -0.444 e. The van der Waals surface area contributed by atoms with E-state index in [2.05, 4.69) is 0 Å². The Hall–Kier alpha value is -1.75. The van der Waals surface area contributed by atoms with Crippen LogP contribution in [0.3, 0.4) is 0 Å². The minimum absolute atomic E-state index is 0.0170. The number of rotatable bonds is 4. The smallest absolute Gasteiger partial charge is 0.410 e. The van der Waals surface area contributed by atoms with Gasteiger partial charge in [0.2, 0.25) is 5.91 Å². The lowest BCUT2D eigenvalue weighted by molar-refractivity contribution is -0.138. The molecule has 2 fully saturated rings. The Labute approximate surface area is 166 Å². The number of ether oxygens (including phenoxy) is 1. The molecule has 0 N–H and O–H groups in total. The first-order valence-electron chi connectivity index (χ1n) is 9.76. The van der Waals surface area contributed by atoms with Gasteiger partial charge in [-0.3, -0.25) is 4.79 Å². The normalized spacial score (nSPS) is 18.3. The predicted octanol–water partition coefficient (Wildman–Crippen LogP) is 4.48. The molecule has 0 spiro atoms. The lowest BCUT2D eigenvalue weighted by atomic mass is 9.95. The Balaban J connectivity index is 1.56. The number of piperidine rings is 1. The van der Waals surface area contributed by atoms with Gasteiger partial charge in [0.1, 0.15) is 5.60 Å². The van der Waals surface area contributed by atoms with Crippen LogP contribution in [0, 0.1) is 5.92 Å². The Kier molecular flexibility index (Phi) is 5.99. The molecular weight excluding hydrogens is 364 g/mol. The number of likely N-dealkylation sites (tertiary alicyclic amines) is 1. The average molecular weight is 393 g/mol. The lowest BCUT2D eigenvalue weighted by Crippen LogP contribution is -2.46. The van der Waals surface area contributed by atoms with Crippen molar-refractivity contribution >= 4 is 23.6 Å². The summed E-state index contributed by atoms with van der Waals surface area (Å²) in [6.45, 7) is 7.38. The third-order valence-corrected chi connectivity index (χ3v) is 5.28. The van der Waals surface area contributed by atoms with Crippen LogP contribution in [0.5, 0.6) is 0 Å². The first kappa shape index (κ1) is 20.0. The van der Waals surface area contributed by atoms with Crippen molar-refractivity contribution in [1.82, 2.24) is 9.80 Å². The molecule has 1 saturated heterocycles. The van der Waals surface area contributed by atoms with E-state index in [1.807, 2.05) is 49.9 Å². The van der Waals surface area contributed by atoms with Crippen molar-refractivity contribution in [3.8, 4) is 0 Å². The molecule has 0 radical (unpaired) electrons. The van der Waals surface area contributed by atoms with Gasteiger partial charge < -0.3 is 14.5 Å². The molecule has 1 heterocycles. The summed E-state index contributed by atoms with van der Waals surface area (Å²) in [4.78, 5) is 29.1. The summed E-state index contributed by atoms with van der Waals surface area (Å²) in [7, 11) is 0. The fourth-order valence-corrected chi connectivity index (χ4v) is 3.56. The topological polar surface area (TPSA) is 49.9 Å². The Bertz CT molecular complexity index is 672. The molecule has 27 heavy (non-hydrogen) atoms. The second kappa shape index (κ2) is 8.09. The van der Waals surface area contributed by atoms with Crippen molar-refractivity contribution in [3.05, 3.63) is 34.9 Å². The van der Waals surface area contributed by atoms with Crippen molar-refractivity contribution < 1.29 is 14.3 Å². The van der Waals surface area contributed by atoms with Crippen molar-refractivity contribution in [3.63, 3.8) is 0 Å². The van der Waals surface area contributed by atoms with Crippen LogP contribution in [0.4, 0.5) is 4.79 Å². The number of hydrogen-bond donors (Lipinski definition) is 0. The number of benzene rings is 1. The highest BCUT2D eigenvalue weighted by molar-refractivity contribution is 6.30. The molecule has 1 aliphatic carbocycles. The lowest BCUT2D eigenvalue weighted by Gasteiger charge is -2.35. The summed E-state index contributed by atoms with van der Waals surface area (Å²) in [5.74, 6) is 0.202. The molecule has 0 bridgehead atoms. The summed E-state index contributed by atoms with van der Waals surface area (Å²) in [6, 6.07) is 8.06. The summed E-state index contributed by atoms with van der Waals surface area (Å²) in [6.07, 6.45) is 3.27. The van der Waals surface area contributed by atoms with Gasteiger partial charge in [-0.1, -0.05) is 23.7 Å². The third-order valence-electron chi connectivity index (χ3n) is 5.03. The van der Waals surface area contributed by atoms with Gasteiger partial charge in [0.15, 0.2) is 0 Å². The molecule has 1 aromatic carbocycles. The molecule has 1 aliphatic heterocycles. The van der Waals surface area contributed by atoms with Crippen LogP contribution in [-0.4, -0.2) is 46.5 Å². The maximum atomic E-state index is 13.1. The van der Waals surface area contributed by atoms with E-state index < -0.39 is 5.60 Å². The van der Waals surface area contributed by atoms with E-state index >= 15 is 0 Å². The van der Waals surface area contributed by atoms with Crippen LogP contribution in [0.25, 0.3) is 0 Å². The fraction of sp³-hybridized carbons (Fsp3) is 0.619. The Morgan fingerprint density at radius 2 is 1.70 bits per heavy atom. The van der Waals surface area contributed by atoms with E-state index in [4.69, 9.17) is 16.3 Å². The maximum Gasteiger partial charge on any atom is 0.410 e. The summed E-state index contributed by atoms with van der Waals surface area (Å²) in [5.41, 5.74) is 0.608. The maximum absolute atomic E-state index is 13.1. The van der Waals surface area contributed by atoms with Crippen LogP contribution in [0.1, 0.15) is 52.0 Å². The molecular formula is C21H29ClN2O3. The van der Waals surface area contributed by atoms with E-state index in [0.717, 1.165) is 18.4 Å². The van der Waals surface area contributed by atoms with Gasteiger partial charge in [-0.25, -0.2) is 4.79 Å². The molecule has 0 atom stereocenters. The van der Waals surface area contributed by atoms with Crippen molar-refractivity contribution in [2.24, 2.45) is 5.92 Å². The number of amides is 2. The van der Waals surface area contributed by atoms with Crippen molar-refractivity contribution in [2.75, 3.05) is 13.1 Å². The molecule has 2 amide bonds. The van der Waals surface area contributed by atoms with Gasteiger partial charge in [0, 0.05) is 36.6 Å². The fourth-order valence-electron chi connectivity index (χ4n) is 3.43. The number of carbonyl (C=O) groups is 2. The molecule has 3 rings (SSSR count). The number of hydrogen-bond acceptors (Lipinski definition) is 3. The summed E-state index contributed by atoms with van der Waals surface area (Å²) < 4.78 is 5.44. The predicted molar refractivity (Wildman–Crippen MR) is 106 cm³/mol. The molecule has 148 valence electrons. The van der Waals surface area contributed by atoms with Crippen LogP contribution in [0.15, 0.2) is 24.3 Å². The van der Waals surface area contributed by atoms with Crippen LogP contribution < -0.4 is 0 Å². The third kappa shape index (κ3) is 5.61. The first-order chi connectivity index (χ1) is 12.7. The molecule has 5 nitrogen and oxygen atoms in total. The van der Waals surface area contributed by atoms with Gasteiger partial charge >= 0.3 is 6.09 Å². The van der Waals surface area contributed by atoms with E-state index in [0.29, 0.717) is 43.5 Å². The largest absolute Gasteiger partial charge is 0.444 e. The second-order valence-electron chi connectivity index (χ2n) is 8.57. The monoisotopic (exact) mass is 392 g/mol. The zero-order valence-electron chi connectivity index (χ0n) is 16.4. The van der Waals surface area contributed by atoms with Crippen molar-refractivity contribution in [1.29, 1.82) is 0 Å². The minimum atomic E-state index is -0.495. The molecule has 1 aromatic rings. The Morgan fingerprint density at radius 3 is 2.22 bits per heavy atom. The van der Waals surface area contributed by atoms with E-state index in [9.17, 15) is 9.59 Å². The van der Waals surface area contributed by atoms with Gasteiger partial charge in [-0.05, 0) is 64.2 Å². The zero-order valence-corrected chi connectivity index (χ0v) is 17.2. The molecule has 2 aliphatic rings. The molecule has 6 heteroatoms. The first-order valence-corrected chi connectivity index (χ1v) is 10.1. The molecule has 1 saturated carbocycles. The van der Waals surface area contributed by atoms with Crippen LogP contribution >= 0.6 is 11.6 Å². The van der Waals surface area contributed by atoms with Crippen molar-refractivity contribution in [2.45, 2.75) is 64.6 Å². The zero-order chi connectivity index (χ0) is 19.6. The standard InChI is InChI=1S/C21H29ClN2O3/c1-21(2,3)27-20(26)23-12-10-16(11-13-23)19(25)24(18-8-9-18)14-15-4-6-17(22)7-5-15/h4-7,16,18H,8-14H2,1-3H3. The quantitative estimate of drug-likeness (QED) is 0.759. The summed E-state index contributed by atoms with van der Waals surface area (Å²) in [5, 5.41) is 0.706. The Morgan fingerprint density at radius 1 is 1.11 bits per heavy atom. The second-order valence-corrected chi connectivity index (χ2v) is 9.00. The van der Waals surface area contributed by atoms with Gasteiger partial charge in [0.25, 0.3) is 0 Å². The SMILES string of the molecule is CC(C)(C)OC(=O)N1CCC(C(=O)N(Cc2ccc(Cl)cc2)C2CC2)CC1. The van der Waals surface area contributed by atoms with Crippen LogP contribution in [0.2, 0.25) is 5.02 Å². The highest BCUT2D eigenvalue weighted by atomic mass is 35.5. The van der Waals surface area contributed by atoms with Gasteiger partial charge in [-0.2, -0.15) is 0 Å². The average Bonchev–Trinajstić information content (AvgIpc) is 3.44. The molecule has 0 aromatic heterocycles. The molecule has 0 unspecified atom stereocenters. The number of nitrogens with zero attached hydrogens (tertiary/aromatic N) is 2. The van der Waals surface area contributed by atoms with E-state index in [1.165, 1.54) is 0 Å². The number of carbonyl (C=O) groups excluding carboxylic acids is 2. The van der Waals surface area contributed by atoms with E-state index in [-0.39, 0.29) is 17.9 Å². The van der Waals surface area contributed by atoms with Gasteiger partial charge in [-0.15, -0.1) is 0 Å². The van der Waals surface area contributed by atoms with Gasteiger partial charge in [0.05, 0.1) is 0 Å².